The molecule has 6 aromatic carbocycles. The number of ketones is 2. The van der Waals surface area contributed by atoms with Gasteiger partial charge < -0.3 is 28.1 Å². The number of rotatable bonds is 23. The van der Waals surface area contributed by atoms with Gasteiger partial charge in [-0.25, -0.2) is 0 Å². The van der Waals surface area contributed by atoms with Gasteiger partial charge in [0.05, 0.1) is 71.8 Å². The fraction of sp³-hybridized carbons (Fsp3) is 0.300. The number of carbonyl (C=O) groups excluding carboxylic acids is 2. The van der Waals surface area contributed by atoms with Gasteiger partial charge in [0.15, 0.2) is 11.6 Å². The molecular formula is C60H60N2O6. The number of carbonyl (C=O) groups is 2. The van der Waals surface area contributed by atoms with Crippen molar-refractivity contribution in [2.75, 3.05) is 27.4 Å². The van der Waals surface area contributed by atoms with E-state index in [2.05, 4.69) is 69.8 Å². The first-order valence-corrected chi connectivity index (χ1v) is 24.6. The van der Waals surface area contributed by atoms with Crippen LogP contribution in [0.15, 0.2) is 133 Å². The lowest BCUT2D eigenvalue weighted by Crippen LogP contribution is -2.04. The van der Waals surface area contributed by atoms with Crippen molar-refractivity contribution in [1.82, 2.24) is 9.13 Å². The molecule has 8 aromatic rings. The van der Waals surface area contributed by atoms with Crippen LogP contribution in [-0.4, -0.2) is 48.1 Å². The number of nitrogens with zero attached hydrogens (tertiary/aromatic N) is 2. The second-order valence-electron chi connectivity index (χ2n) is 18.2. The van der Waals surface area contributed by atoms with Crippen LogP contribution in [0.5, 0.6) is 23.0 Å². The van der Waals surface area contributed by atoms with Gasteiger partial charge in [-0.1, -0.05) is 136 Å². The fourth-order valence-electron chi connectivity index (χ4n) is 10.6. The highest BCUT2D eigenvalue weighted by Crippen LogP contribution is 2.47. The molecular weight excluding hydrogens is 845 g/mol. The Kier molecular flexibility index (Phi) is 13.5. The zero-order valence-corrected chi connectivity index (χ0v) is 39.4. The first-order chi connectivity index (χ1) is 33.5. The van der Waals surface area contributed by atoms with Gasteiger partial charge in [0.2, 0.25) is 0 Å². The highest BCUT2D eigenvalue weighted by molar-refractivity contribution is 6.29. The van der Waals surface area contributed by atoms with Crippen molar-refractivity contribution in [2.24, 2.45) is 0 Å². The average molecular weight is 905 g/mol. The van der Waals surface area contributed by atoms with E-state index in [1.54, 1.807) is 14.2 Å². The van der Waals surface area contributed by atoms with Crippen LogP contribution in [0.25, 0.3) is 44.3 Å². The van der Waals surface area contributed by atoms with Crippen molar-refractivity contribution in [3.8, 4) is 45.5 Å². The quantitative estimate of drug-likeness (QED) is 0.0595. The summed E-state index contributed by atoms with van der Waals surface area (Å²) in [5.74, 6) is 3.44. The lowest BCUT2D eigenvalue weighted by Gasteiger charge is -2.13. The Morgan fingerprint density at radius 1 is 0.412 bits per heavy atom. The Morgan fingerprint density at radius 3 is 1.21 bits per heavy atom. The topological polar surface area (TPSA) is 80.9 Å². The van der Waals surface area contributed by atoms with Gasteiger partial charge in [-0.2, -0.15) is 0 Å². The third kappa shape index (κ3) is 8.80. The number of unbranched alkanes of at least 4 members (excludes halogenated alkanes) is 9. The first kappa shape index (κ1) is 44.8. The molecule has 2 aromatic heterocycles. The zero-order chi connectivity index (χ0) is 46.4. The largest absolute Gasteiger partial charge is 0.497 e. The van der Waals surface area contributed by atoms with Crippen molar-refractivity contribution >= 4 is 33.4 Å². The predicted molar refractivity (Wildman–Crippen MR) is 272 cm³/mol. The van der Waals surface area contributed by atoms with E-state index >= 15 is 0 Å². The maximum absolute atomic E-state index is 13.9. The van der Waals surface area contributed by atoms with Gasteiger partial charge >= 0.3 is 0 Å². The van der Waals surface area contributed by atoms with Crippen molar-refractivity contribution in [3.63, 3.8) is 0 Å². The van der Waals surface area contributed by atoms with E-state index in [4.69, 9.17) is 18.9 Å². The molecule has 2 aliphatic carbocycles. The standard InChI is InChI=1S/C60H60N2O6/c1-65-43-23-17-21-41(39-43)33-35-61-49-29-19-31-51(53(49)55-57(61)45-25-11-13-27-47(45)59(55)63)67-37-15-9-7-5-3-4-6-8-10-16-38-68-52-32-20-30-50-54(52)56-58(46-26-12-14-28-48(46)60(56)64)62(50)36-34-42-22-18-24-44(40-42)66-2/h11-14,17-32,39-40H,3-10,15-16,33-38H2,1-2H3. The minimum Gasteiger partial charge on any atom is -0.497 e. The van der Waals surface area contributed by atoms with Crippen LogP contribution in [0.2, 0.25) is 0 Å². The SMILES string of the molecule is COc1cccc(CCn2c3c(c4c(OCCCCCCCCCCCCOc5cccc6c5c5c(n6CCc6cccc(OC)c6)-c6ccccc6C5=O)cccc42)C(=O)c2ccccc2-3)c1. The highest BCUT2D eigenvalue weighted by atomic mass is 16.5. The Balaban J connectivity index is 0.675. The van der Waals surface area contributed by atoms with Crippen molar-refractivity contribution < 1.29 is 28.5 Å². The Labute approximate surface area is 399 Å². The third-order valence-electron chi connectivity index (χ3n) is 14.0. The van der Waals surface area contributed by atoms with Gasteiger partial charge in [0.1, 0.15) is 23.0 Å². The summed E-state index contributed by atoms with van der Waals surface area (Å²) in [6, 6.07) is 44.8. The van der Waals surface area contributed by atoms with Crippen molar-refractivity contribution in [2.45, 2.75) is 90.1 Å². The Hall–Kier alpha value is -7.06. The van der Waals surface area contributed by atoms with E-state index in [1.807, 2.05) is 72.8 Å². The summed E-state index contributed by atoms with van der Waals surface area (Å²) in [7, 11) is 3.39. The third-order valence-corrected chi connectivity index (χ3v) is 14.0. The number of benzene rings is 6. The molecule has 0 saturated carbocycles. The Morgan fingerprint density at radius 2 is 0.794 bits per heavy atom. The van der Waals surface area contributed by atoms with E-state index in [0.717, 1.165) is 141 Å². The molecule has 10 rings (SSSR count). The summed E-state index contributed by atoms with van der Waals surface area (Å²) in [6.07, 6.45) is 13.2. The molecule has 0 aliphatic heterocycles. The second-order valence-corrected chi connectivity index (χ2v) is 18.2. The molecule has 0 radical (unpaired) electrons. The molecule has 346 valence electrons. The van der Waals surface area contributed by atoms with E-state index in [9.17, 15) is 9.59 Å². The smallest absolute Gasteiger partial charge is 0.196 e. The lowest BCUT2D eigenvalue weighted by molar-refractivity contribution is 0.103. The molecule has 2 aliphatic rings. The number of aromatic nitrogens is 2. The number of hydrogen-bond donors (Lipinski definition) is 0. The molecule has 0 saturated heterocycles. The summed E-state index contributed by atoms with van der Waals surface area (Å²) in [5.41, 5.74) is 11.5. The van der Waals surface area contributed by atoms with Gasteiger partial charge in [0, 0.05) is 35.3 Å². The first-order valence-electron chi connectivity index (χ1n) is 24.6. The van der Waals surface area contributed by atoms with Crippen LogP contribution in [0.1, 0.15) is 107 Å². The van der Waals surface area contributed by atoms with Crippen LogP contribution < -0.4 is 18.9 Å². The molecule has 0 atom stereocenters. The maximum atomic E-state index is 13.9. The second kappa shape index (κ2) is 20.4. The molecule has 8 heteroatoms. The number of aryl methyl sites for hydroxylation is 4. The van der Waals surface area contributed by atoms with Crippen LogP contribution in [-0.2, 0) is 25.9 Å². The highest BCUT2D eigenvalue weighted by Gasteiger charge is 2.36. The van der Waals surface area contributed by atoms with Crippen molar-refractivity contribution in [1.29, 1.82) is 0 Å². The molecule has 0 spiro atoms. The molecule has 0 N–H and O–H groups in total. The summed E-state index contributed by atoms with van der Waals surface area (Å²) in [4.78, 5) is 27.9. The number of methoxy groups -OCH3 is 2. The molecule has 0 fully saturated rings. The van der Waals surface area contributed by atoms with Gasteiger partial charge in [-0.3, -0.25) is 9.59 Å². The summed E-state index contributed by atoms with van der Waals surface area (Å²) in [6.45, 7) is 2.73. The lowest BCUT2D eigenvalue weighted by atomic mass is 10.1. The zero-order valence-electron chi connectivity index (χ0n) is 39.4. The predicted octanol–water partition coefficient (Wildman–Crippen LogP) is 13.9. The molecule has 68 heavy (non-hydrogen) atoms. The van der Waals surface area contributed by atoms with Crippen LogP contribution in [0.4, 0.5) is 0 Å². The van der Waals surface area contributed by atoms with E-state index in [1.165, 1.54) is 49.7 Å². The minimum atomic E-state index is 0.0793. The molecule has 0 unspecified atom stereocenters. The molecule has 8 nitrogen and oxygen atoms in total. The summed E-state index contributed by atoms with van der Waals surface area (Å²) >= 11 is 0. The summed E-state index contributed by atoms with van der Waals surface area (Å²) in [5, 5.41) is 1.85. The van der Waals surface area contributed by atoms with Crippen LogP contribution in [0, 0.1) is 0 Å². The van der Waals surface area contributed by atoms with E-state index in [0.29, 0.717) is 13.2 Å². The molecule has 2 heterocycles. The van der Waals surface area contributed by atoms with Crippen LogP contribution >= 0.6 is 0 Å². The van der Waals surface area contributed by atoms with E-state index in [-0.39, 0.29) is 11.6 Å². The van der Waals surface area contributed by atoms with Crippen LogP contribution in [0.3, 0.4) is 0 Å². The number of ether oxygens (including phenoxy) is 4. The summed E-state index contributed by atoms with van der Waals surface area (Å²) < 4.78 is 28.6. The fourth-order valence-corrected chi connectivity index (χ4v) is 10.6. The maximum Gasteiger partial charge on any atom is 0.196 e. The molecule has 0 bridgehead atoms. The minimum absolute atomic E-state index is 0.0793. The van der Waals surface area contributed by atoms with Crippen molar-refractivity contribution in [3.05, 3.63) is 167 Å². The average Bonchev–Trinajstić information content (AvgIpc) is 4.08. The van der Waals surface area contributed by atoms with E-state index < -0.39 is 0 Å². The Bertz CT molecular complexity index is 2910. The molecule has 0 amide bonds. The monoisotopic (exact) mass is 904 g/mol. The number of fused-ring (bicyclic) bond motifs is 10. The normalized spacial score (nSPS) is 12.4. The van der Waals surface area contributed by atoms with Gasteiger partial charge in [-0.05, 0) is 85.3 Å². The van der Waals surface area contributed by atoms with Gasteiger partial charge in [0.25, 0.3) is 0 Å². The number of hydrogen-bond acceptors (Lipinski definition) is 6. The van der Waals surface area contributed by atoms with Gasteiger partial charge in [-0.15, -0.1) is 0 Å².